The molecule has 0 saturated carbocycles. The van der Waals surface area contributed by atoms with Crippen LogP contribution in [0.3, 0.4) is 0 Å². The van der Waals surface area contributed by atoms with Crippen LogP contribution < -0.4 is 25.0 Å². The van der Waals surface area contributed by atoms with Gasteiger partial charge in [0.15, 0.2) is 6.61 Å². The van der Waals surface area contributed by atoms with E-state index in [1.165, 1.54) is 18.2 Å². The van der Waals surface area contributed by atoms with Gasteiger partial charge in [-0.1, -0.05) is 54.1 Å². The molecule has 4 aromatic rings. The van der Waals surface area contributed by atoms with Crippen molar-refractivity contribution in [2.24, 2.45) is 0 Å². The smallest absolute Gasteiger partial charge is 0.335 e. The first-order valence-corrected chi connectivity index (χ1v) is 14.0. The first-order valence-electron chi connectivity index (χ1n) is 13.7. The Kier molecular flexibility index (Phi) is 9.06. The minimum Gasteiger partial charge on any atom is -0.489 e. The lowest BCUT2D eigenvalue weighted by Crippen LogP contribution is -2.54. The molecular weight excluding hydrogens is 582 g/mol. The fourth-order valence-electron chi connectivity index (χ4n) is 4.46. The van der Waals surface area contributed by atoms with E-state index in [1.54, 1.807) is 36.4 Å². The van der Waals surface area contributed by atoms with Crippen LogP contribution in [0.25, 0.3) is 6.08 Å². The van der Waals surface area contributed by atoms with E-state index >= 15 is 0 Å². The fourth-order valence-corrected chi connectivity index (χ4v) is 4.64. The summed E-state index contributed by atoms with van der Waals surface area (Å²) in [6.07, 6.45) is 1.28. The number of rotatable bonds is 9. The number of amides is 5. The number of barbiturate groups is 1. The van der Waals surface area contributed by atoms with Crippen molar-refractivity contribution in [2.45, 2.75) is 20.5 Å². The van der Waals surface area contributed by atoms with E-state index in [-0.39, 0.29) is 29.2 Å². The van der Waals surface area contributed by atoms with Crippen LogP contribution in [0, 0.1) is 13.8 Å². The normalized spacial score (nSPS) is 13.9. The van der Waals surface area contributed by atoms with Crippen LogP contribution in [0.1, 0.15) is 22.3 Å². The van der Waals surface area contributed by atoms with Crippen LogP contribution in [0.15, 0.2) is 96.6 Å². The second-order valence-electron chi connectivity index (χ2n) is 9.99. The molecule has 9 nitrogen and oxygen atoms in total. The number of imide groups is 2. The Morgan fingerprint density at radius 2 is 1.66 bits per heavy atom. The lowest BCUT2D eigenvalue weighted by atomic mass is 10.1. The van der Waals surface area contributed by atoms with E-state index in [9.17, 15) is 19.2 Å². The summed E-state index contributed by atoms with van der Waals surface area (Å²) in [6.45, 7) is 3.86. The largest absolute Gasteiger partial charge is 0.489 e. The molecule has 5 rings (SSSR count). The number of anilines is 2. The van der Waals surface area contributed by atoms with E-state index in [0.717, 1.165) is 21.6 Å². The van der Waals surface area contributed by atoms with Crippen molar-refractivity contribution in [3.05, 3.63) is 124 Å². The highest BCUT2D eigenvalue weighted by Gasteiger charge is 2.37. The molecule has 44 heavy (non-hydrogen) atoms. The van der Waals surface area contributed by atoms with Gasteiger partial charge in [0.1, 0.15) is 23.7 Å². The maximum atomic E-state index is 13.5. The number of ether oxygens (including phenoxy) is 2. The summed E-state index contributed by atoms with van der Waals surface area (Å²) in [5, 5.41) is 5.33. The Balaban J connectivity index is 1.32. The Morgan fingerprint density at radius 1 is 0.909 bits per heavy atom. The number of urea groups is 1. The molecule has 0 radical (unpaired) electrons. The van der Waals surface area contributed by atoms with E-state index < -0.39 is 23.8 Å². The number of halogens is 1. The van der Waals surface area contributed by atoms with Gasteiger partial charge in [-0.15, -0.1) is 0 Å². The molecule has 1 saturated heterocycles. The molecule has 2 N–H and O–H groups in total. The summed E-state index contributed by atoms with van der Waals surface area (Å²) in [5.74, 6) is -1.36. The van der Waals surface area contributed by atoms with Gasteiger partial charge < -0.3 is 14.8 Å². The van der Waals surface area contributed by atoms with Crippen molar-refractivity contribution in [3.63, 3.8) is 0 Å². The van der Waals surface area contributed by atoms with E-state index in [4.69, 9.17) is 21.1 Å². The van der Waals surface area contributed by atoms with Gasteiger partial charge in [-0.25, -0.2) is 9.69 Å². The molecule has 0 unspecified atom stereocenters. The molecule has 1 fully saturated rings. The first-order chi connectivity index (χ1) is 21.2. The van der Waals surface area contributed by atoms with Gasteiger partial charge in [0.25, 0.3) is 17.7 Å². The molecule has 1 heterocycles. The van der Waals surface area contributed by atoms with Gasteiger partial charge in [-0.05, 0) is 85.1 Å². The average Bonchev–Trinajstić information content (AvgIpc) is 3.01. The minimum absolute atomic E-state index is 0.210. The third kappa shape index (κ3) is 6.96. The van der Waals surface area contributed by atoms with Crippen LogP contribution in [0.2, 0.25) is 5.02 Å². The molecule has 0 spiro atoms. The van der Waals surface area contributed by atoms with E-state index in [1.807, 2.05) is 56.3 Å². The summed E-state index contributed by atoms with van der Waals surface area (Å²) >= 11 is 6.21. The molecule has 10 heteroatoms. The SMILES string of the molecule is Cc1cccc(NC(=O)COc2ccc(Cl)cc2/C=C2/C(=O)NC(=O)N(c3ccc(OCc4ccccc4)cc3)C2=O)c1C. The number of benzene rings is 4. The Labute approximate surface area is 259 Å². The maximum Gasteiger partial charge on any atom is 0.335 e. The summed E-state index contributed by atoms with van der Waals surface area (Å²) in [5.41, 5.74) is 3.82. The van der Waals surface area contributed by atoms with Crippen molar-refractivity contribution in [1.29, 1.82) is 0 Å². The Bertz CT molecular complexity index is 1770. The highest BCUT2D eigenvalue weighted by molar-refractivity contribution is 6.39. The molecule has 0 aromatic heterocycles. The van der Waals surface area contributed by atoms with Crippen molar-refractivity contribution in [1.82, 2.24) is 5.32 Å². The minimum atomic E-state index is -0.888. The zero-order valence-corrected chi connectivity index (χ0v) is 24.7. The molecule has 5 amide bonds. The van der Waals surface area contributed by atoms with Gasteiger partial charge >= 0.3 is 6.03 Å². The van der Waals surface area contributed by atoms with Gasteiger partial charge in [-0.3, -0.25) is 19.7 Å². The van der Waals surface area contributed by atoms with Crippen molar-refractivity contribution >= 4 is 52.8 Å². The molecule has 0 aliphatic carbocycles. The van der Waals surface area contributed by atoms with Crippen LogP contribution in [-0.2, 0) is 21.0 Å². The second-order valence-corrected chi connectivity index (χ2v) is 10.4. The van der Waals surface area contributed by atoms with E-state index in [2.05, 4.69) is 10.6 Å². The molecule has 0 atom stereocenters. The van der Waals surface area contributed by atoms with Crippen LogP contribution >= 0.6 is 11.6 Å². The summed E-state index contributed by atoms with van der Waals surface area (Å²) in [4.78, 5) is 52.5. The van der Waals surface area contributed by atoms with Crippen molar-refractivity contribution in [2.75, 3.05) is 16.8 Å². The molecule has 0 bridgehead atoms. The number of hydrogen-bond acceptors (Lipinski definition) is 6. The molecule has 1 aliphatic heterocycles. The summed E-state index contributed by atoms with van der Waals surface area (Å²) in [7, 11) is 0. The molecule has 1 aliphatic rings. The summed E-state index contributed by atoms with van der Waals surface area (Å²) in [6, 6.07) is 25.3. The lowest BCUT2D eigenvalue weighted by molar-refractivity contribution is -0.122. The second kappa shape index (κ2) is 13.3. The number of hydrogen-bond donors (Lipinski definition) is 2. The number of carbonyl (C=O) groups excluding carboxylic acids is 4. The van der Waals surface area contributed by atoms with Gasteiger partial charge in [-0.2, -0.15) is 0 Å². The number of carbonyl (C=O) groups is 4. The quantitative estimate of drug-likeness (QED) is 0.172. The number of aryl methyl sites for hydroxylation is 1. The predicted molar refractivity (Wildman–Crippen MR) is 168 cm³/mol. The van der Waals surface area contributed by atoms with E-state index in [0.29, 0.717) is 23.1 Å². The molecule has 222 valence electrons. The average molecular weight is 610 g/mol. The molecular formula is C34H28ClN3O6. The van der Waals surface area contributed by atoms with Crippen LogP contribution in [0.5, 0.6) is 11.5 Å². The maximum absolute atomic E-state index is 13.5. The summed E-state index contributed by atoms with van der Waals surface area (Å²) < 4.78 is 11.5. The van der Waals surface area contributed by atoms with Crippen molar-refractivity contribution in [3.8, 4) is 11.5 Å². The third-order valence-corrected chi connectivity index (χ3v) is 7.19. The standard InChI is InChI=1S/C34H28ClN3O6/c1-21-7-6-10-29(22(21)2)36-31(39)20-44-30-16-11-25(35)17-24(30)18-28-32(40)37-34(42)38(33(28)41)26-12-14-27(15-13-26)43-19-23-8-4-3-5-9-23/h3-18H,19-20H2,1-2H3,(H,36,39)(H,37,40,42)/b28-18-. The first kappa shape index (κ1) is 30.1. The van der Waals surface area contributed by atoms with Crippen LogP contribution in [-0.4, -0.2) is 30.4 Å². The number of nitrogens with one attached hydrogen (secondary N) is 2. The topological polar surface area (TPSA) is 114 Å². The third-order valence-electron chi connectivity index (χ3n) is 6.95. The van der Waals surface area contributed by atoms with Gasteiger partial charge in [0.2, 0.25) is 0 Å². The monoisotopic (exact) mass is 609 g/mol. The predicted octanol–water partition coefficient (Wildman–Crippen LogP) is 6.22. The molecule has 4 aromatic carbocycles. The highest BCUT2D eigenvalue weighted by Crippen LogP contribution is 2.29. The van der Waals surface area contributed by atoms with Gasteiger partial charge in [0, 0.05) is 16.3 Å². The number of nitrogens with zero attached hydrogens (tertiary/aromatic N) is 1. The fraction of sp³-hybridized carbons (Fsp3) is 0.118. The lowest BCUT2D eigenvalue weighted by Gasteiger charge is -2.26. The Morgan fingerprint density at radius 3 is 2.41 bits per heavy atom. The van der Waals surface area contributed by atoms with Crippen molar-refractivity contribution < 1.29 is 28.7 Å². The van der Waals surface area contributed by atoms with Crippen LogP contribution in [0.4, 0.5) is 16.2 Å². The Hall–Kier alpha value is -5.41. The zero-order valence-electron chi connectivity index (χ0n) is 23.9. The highest BCUT2D eigenvalue weighted by atomic mass is 35.5. The van der Waals surface area contributed by atoms with Gasteiger partial charge in [0.05, 0.1) is 5.69 Å². The zero-order chi connectivity index (χ0) is 31.2.